The third-order valence-corrected chi connectivity index (χ3v) is 2.82. The normalized spacial score (nSPS) is 10.9. The lowest BCUT2D eigenvalue weighted by Crippen LogP contribution is -2.41. The van der Waals surface area contributed by atoms with E-state index in [2.05, 4.69) is 15.3 Å². The lowest BCUT2D eigenvalue weighted by atomic mass is 9.94. The van der Waals surface area contributed by atoms with E-state index in [1.165, 1.54) is 12.4 Å². The second-order valence-corrected chi connectivity index (χ2v) is 3.67. The third-order valence-electron chi connectivity index (χ3n) is 2.82. The number of aliphatic hydroxyl groups is 1. The highest BCUT2D eigenvalue weighted by atomic mass is 16.3. The van der Waals surface area contributed by atoms with E-state index >= 15 is 0 Å². The van der Waals surface area contributed by atoms with Gasteiger partial charge in [-0.25, -0.2) is 9.97 Å². The number of nitrogens with one attached hydrogen (secondary N) is 1. The number of nitrogens with zero attached hydrogens (tertiary/aromatic N) is 3. The number of aromatic nitrogens is 2. The molecule has 0 fully saturated rings. The van der Waals surface area contributed by atoms with Crippen LogP contribution in [0.3, 0.4) is 0 Å². The quantitative estimate of drug-likeness (QED) is 0.781. The topological polar surface area (TPSA) is 81.8 Å². The highest BCUT2D eigenvalue weighted by Crippen LogP contribution is 2.19. The van der Waals surface area contributed by atoms with Crippen LogP contribution >= 0.6 is 0 Å². The van der Waals surface area contributed by atoms with E-state index in [9.17, 15) is 5.11 Å². The summed E-state index contributed by atoms with van der Waals surface area (Å²) in [6.45, 7) is 4.05. The minimum absolute atomic E-state index is 0.0433. The van der Waals surface area contributed by atoms with E-state index in [0.29, 0.717) is 5.82 Å². The molecule has 16 heavy (non-hydrogen) atoms. The van der Waals surface area contributed by atoms with Crippen LogP contribution in [0.5, 0.6) is 0 Å². The fraction of sp³-hybridized carbons (Fsp3) is 0.545. The van der Waals surface area contributed by atoms with Crippen LogP contribution in [-0.2, 0) is 0 Å². The van der Waals surface area contributed by atoms with E-state index in [0.717, 1.165) is 12.8 Å². The Balaban J connectivity index is 2.82. The maximum absolute atomic E-state index is 9.38. The molecule has 1 aromatic rings. The summed E-state index contributed by atoms with van der Waals surface area (Å²) >= 11 is 0. The first kappa shape index (κ1) is 12.4. The molecule has 5 nitrogen and oxygen atoms in total. The molecule has 0 atom stereocenters. The maximum Gasteiger partial charge on any atom is 0.158 e. The zero-order valence-corrected chi connectivity index (χ0v) is 9.56. The van der Waals surface area contributed by atoms with Crippen molar-refractivity contribution in [3.8, 4) is 6.07 Å². The van der Waals surface area contributed by atoms with Gasteiger partial charge in [-0.1, -0.05) is 13.8 Å². The Bertz CT molecular complexity index is 356. The molecule has 5 heteroatoms. The molecular weight excluding hydrogens is 204 g/mol. The zero-order chi connectivity index (χ0) is 12.0. The van der Waals surface area contributed by atoms with Crippen LogP contribution in [0, 0.1) is 11.3 Å². The van der Waals surface area contributed by atoms with Crippen molar-refractivity contribution >= 4 is 5.82 Å². The first-order valence-corrected chi connectivity index (χ1v) is 5.31. The Morgan fingerprint density at radius 3 is 2.44 bits per heavy atom. The van der Waals surface area contributed by atoms with Gasteiger partial charge in [-0.15, -0.1) is 0 Å². The molecular formula is C11H16N4O. The molecule has 0 aromatic carbocycles. The third kappa shape index (κ3) is 2.67. The second-order valence-electron chi connectivity index (χ2n) is 3.67. The summed E-state index contributed by atoms with van der Waals surface area (Å²) in [6.07, 6.45) is 4.51. The molecule has 0 bridgehead atoms. The molecule has 0 saturated carbocycles. The molecule has 1 heterocycles. The van der Waals surface area contributed by atoms with E-state index in [4.69, 9.17) is 5.26 Å². The van der Waals surface area contributed by atoms with Gasteiger partial charge in [-0.2, -0.15) is 5.26 Å². The molecule has 1 aromatic heterocycles. The van der Waals surface area contributed by atoms with Crippen molar-refractivity contribution in [3.05, 3.63) is 18.1 Å². The van der Waals surface area contributed by atoms with E-state index < -0.39 is 0 Å². The summed E-state index contributed by atoms with van der Waals surface area (Å²) in [7, 11) is 0. The highest BCUT2D eigenvalue weighted by molar-refractivity contribution is 5.36. The molecule has 0 spiro atoms. The van der Waals surface area contributed by atoms with Gasteiger partial charge >= 0.3 is 0 Å². The van der Waals surface area contributed by atoms with Crippen molar-refractivity contribution in [2.45, 2.75) is 32.2 Å². The summed E-state index contributed by atoms with van der Waals surface area (Å²) in [5.41, 5.74) is -0.0730. The minimum atomic E-state index is -0.358. The molecule has 0 aliphatic rings. The predicted octanol–water partition coefficient (Wildman–Crippen LogP) is 1.31. The van der Waals surface area contributed by atoms with Gasteiger partial charge in [0.25, 0.3) is 0 Å². The predicted molar refractivity (Wildman–Crippen MR) is 60.8 cm³/mol. The number of anilines is 1. The van der Waals surface area contributed by atoms with Crippen molar-refractivity contribution < 1.29 is 5.11 Å². The van der Waals surface area contributed by atoms with Gasteiger partial charge in [-0.05, 0) is 12.8 Å². The van der Waals surface area contributed by atoms with Crippen LogP contribution in [-0.4, -0.2) is 27.2 Å². The van der Waals surface area contributed by atoms with Crippen LogP contribution in [0.25, 0.3) is 0 Å². The van der Waals surface area contributed by atoms with Crippen molar-refractivity contribution in [2.75, 3.05) is 11.9 Å². The van der Waals surface area contributed by atoms with Crippen LogP contribution in [0.1, 0.15) is 32.4 Å². The maximum atomic E-state index is 9.38. The lowest BCUT2D eigenvalue weighted by molar-refractivity contribution is 0.202. The lowest BCUT2D eigenvalue weighted by Gasteiger charge is -2.31. The molecule has 0 saturated heterocycles. The van der Waals surface area contributed by atoms with Gasteiger partial charge < -0.3 is 10.4 Å². The zero-order valence-electron chi connectivity index (χ0n) is 9.56. The van der Waals surface area contributed by atoms with Gasteiger partial charge in [0, 0.05) is 0 Å². The molecule has 2 N–H and O–H groups in total. The smallest absolute Gasteiger partial charge is 0.158 e. The van der Waals surface area contributed by atoms with Crippen LogP contribution in [0.4, 0.5) is 5.82 Å². The van der Waals surface area contributed by atoms with Gasteiger partial charge in [0.05, 0.1) is 24.5 Å². The SMILES string of the molecule is CCC(CC)(CO)Nc1cnc(C#N)cn1. The van der Waals surface area contributed by atoms with E-state index in [1.54, 1.807) is 0 Å². The molecule has 1 rings (SSSR count). The Morgan fingerprint density at radius 2 is 2.06 bits per heavy atom. The number of aliphatic hydroxyl groups excluding tert-OH is 1. The van der Waals surface area contributed by atoms with Crippen LogP contribution < -0.4 is 5.32 Å². The Morgan fingerprint density at radius 1 is 1.38 bits per heavy atom. The number of nitriles is 1. The van der Waals surface area contributed by atoms with Gasteiger partial charge in [0.15, 0.2) is 5.69 Å². The summed E-state index contributed by atoms with van der Waals surface area (Å²) in [4.78, 5) is 7.99. The van der Waals surface area contributed by atoms with Gasteiger partial charge in [0.2, 0.25) is 0 Å². The minimum Gasteiger partial charge on any atom is -0.394 e. The van der Waals surface area contributed by atoms with Gasteiger partial charge in [0.1, 0.15) is 11.9 Å². The standard InChI is InChI=1S/C11H16N4O/c1-3-11(4-2,8-16)15-10-7-13-9(5-12)6-14-10/h6-7,16H,3-4,8H2,1-2H3,(H,14,15). The van der Waals surface area contributed by atoms with E-state index in [1.807, 2.05) is 19.9 Å². The summed E-state index contributed by atoms with van der Waals surface area (Å²) in [6, 6.07) is 1.91. The van der Waals surface area contributed by atoms with Crippen molar-refractivity contribution in [1.82, 2.24) is 9.97 Å². The molecule has 0 aliphatic heterocycles. The molecule has 86 valence electrons. The number of hydrogen-bond acceptors (Lipinski definition) is 5. The molecule has 0 amide bonds. The highest BCUT2D eigenvalue weighted by Gasteiger charge is 2.25. The fourth-order valence-corrected chi connectivity index (χ4v) is 1.41. The average molecular weight is 220 g/mol. The molecule has 0 aliphatic carbocycles. The average Bonchev–Trinajstić information content (AvgIpc) is 2.37. The summed E-state index contributed by atoms with van der Waals surface area (Å²) < 4.78 is 0. The van der Waals surface area contributed by atoms with Gasteiger partial charge in [-0.3, -0.25) is 0 Å². The van der Waals surface area contributed by atoms with Crippen LogP contribution in [0.2, 0.25) is 0 Å². The second kappa shape index (κ2) is 5.42. The first-order chi connectivity index (χ1) is 7.69. The Kier molecular flexibility index (Phi) is 4.20. The van der Waals surface area contributed by atoms with E-state index in [-0.39, 0.29) is 17.8 Å². The first-order valence-electron chi connectivity index (χ1n) is 5.31. The summed E-state index contributed by atoms with van der Waals surface area (Å²) in [5, 5.41) is 21.1. The largest absolute Gasteiger partial charge is 0.394 e. The molecule has 0 radical (unpaired) electrons. The number of rotatable bonds is 5. The number of hydrogen-bond donors (Lipinski definition) is 2. The monoisotopic (exact) mass is 220 g/mol. The van der Waals surface area contributed by atoms with Crippen molar-refractivity contribution in [2.24, 2.45) is 0 Å². The molecule has 0 unspecified atom stereocenters. The Labute approximate surface area is 95.2 Å². The fourth-order valence-electron chi connectivity index (χ4n) is 1.41. The van der Waals surface area contributed by atoms with Crippen LogP contribution in [0.15, 0.2) is 12.4 Å². The van der Waals surface area contributed by atoms with Crippen molar-refractivity contribution in [1.29, 1.82) is 5.26 Å². The Hall–Kier alpha value is -1.67. The summed E-state index contributed by atoms with van der Waals surface area (Å²) in [5.74, 6) is 0.580. The van der Waals surface area contributed by atoms with Crippen molar-refractivity contribution in [3.63, 3.8) is 0 Å².